The highest BCUT2D eigenvalue weighted by atomic mass is 16.5. The molecule has 2 saturated carbocycles. The van der Waals surface area contributed by atoms with E-state index >= 15 is 0 Å². The van der Waals surface area contributed by atoms with Crippen LogP contribution in [0.2, 0.25) is 0 Å². The van der Waals surface area contributed by atoms with E-state index in [9.17, 15) is 15.0 Å². The van der Waals surface area contributed by atoms with E-state index in [0.29, 0.717) is 17.8 Å². The van der Waals surface area contributed by atoms with Gasteiger partial charge in [0.15, 0.2) is 0 Å². The molecule has 1 aliphatic heterocycles. The molecule has 1 aromatic heterocycles. The first-order chi connectivity index (χ1) is 14.3. The number of allylic oxidation sites excluding steroid dienone is 3. The second kappa shape index (κ2) is 7.71. The van der Waals surface area contributed by atoms with Crippen molar-refractivity contribution < 1.29 is 24.2 Å². The van der Waals surface area contributed by atoms with Crippen LogP contribution in [0.25, 0.3) is 6.08 Å². The Balaban J connectivity index is 1.61. The minimum atomic E-state index is -0.522. The molecule has 5 heteroatoms. The van der Waals surface area contributed by atoms with Crippen LogP contribution < -0.4 is 0 Å². The molecule has 30 heavy (non-hydrogen) atoms. The molecule has 2 heterocycles. The van der Waals surface area contributed by atoms with Gasteiger partial charge >= 0.3 is 5.97 Å². The summed E-state index contributed by atoms with van der Waals surface area (Å²) in [5, 5.41) is 20.7. The van der Waals surface area contributed by atoms with Crippen molar-refractivity contribution in [2.45, 2.75) is 45.6 Å². The summed E-state index contributed by atoms with van der Waals surface area (Å²) >= 11 is 0. The van der Waals surface area contributed by atoms with Crippen LogP contribution in [-0.4, -0.2) is 28.9 Å². The van der Waals surface area contributed by atoms with Crippen molar-refractivity contribution in [3.05, 3.63) is 65.9 Å². The summed E-state index contributed by atoms with van der Waals surface area (Å²) in [5.41, 5.74) is 1.83. The van der Waals surface area contributed by atoms with Crippen molar-refractivity contribution in [2.24, 2.45) is 22.7 Å². The zero-order valence-corrected chi connectivity index (χ0v) is 17.6. The van der Waals surface area contributed by atoms with Crippen molar-refractivity contribution in [1.29, 1.82) is 0 Å². The molecule has 160 valence electrons. The molecule has 0 aromatic carbocycles. The quantitative estimate of drug-likeness (QED) is 0.568. The fraction of sp³-hybridized carbons (Fsp3) is 0.480. The summed E-state index contributed by atoms with van der Waals surface area (Å²) in [4.78, 5) is 12.3. The van der Waals surface area contributed by atoms with Crippen LogP contribution in [0.1, 0.15) is 45.1 Å². The van der Waals surface area contributed by atoms with Crippen LogP contribution in [0.5, 0.6) is 0 Å². The zero-order valence-electron chi connectivity index (χ0n) is 17.6. The van der Waals surface area contributed by atoms with Gasteiger partial charge in [0.25, 0.3) is 0 Å². The maximum Gasteiger partial charge on any atom is 0.343 e. The van der Waals surface area contributed by atoms with Gasteiger partial charge in [-0.15, -0.1) is 0 Å². The molecule has 4 rings (SSSR count). The number of ether oxygens (including phenoxy) is 1. The Hall–Kier alpha value is -2.37. The van der Waals surface area contributed by atoms with E-state index in [1.165, 1.54) is 0 Å². The second-order valence-corrected chi connectivity index (χ2v) is 9.40. The Morgan fingerprint density at radius 2 is 2.13 bits per heavy atom. The Bertz CT molecular complexity index is 921. The summed E-state index contributed by atoms with van der Waals surface area (Å²) in [6, 6.07) is 1.80. The fourth-order valence-corrected chi connectivity index (χ4v) is 5.81. The third-order valence-corrected chi connectivity index (χ3v) is 7.62. The summed E-state index contributed by atoms with van der Waals surface area (Å²) < 4.78 is 10.4. The summed E-state index contributed by atoms with van der Waals surface area (Å²) in [6.45, 7) is 8.53. The first kappa shape index (κ1) is 20.9. The lowest BCUT2D eigenvalue weighted by atomic mass is 9.46. The van der Waals surface area contributed by atoms with Gasteiger partial charge in [-0.25, -0.2) is 4.79 Å². The lowest BCUT2D eigenvalue weighted by molar-refractivity contribution is -0.145. The van der Waals surface area contributed by atoms with Crippen molar-refractivity contribution in [2.75, 3.05) is 6.61 Å². The maximum absolute atomic E-state index is 12.3. The summed E-state index contributed by atoms with van der Waals surface area (Å²) in [7, 11) is 0. The topological polar surface area (TPSA) is 79.9 Å². The summed E-state index contributed by atoms with van der Waals surface area (Å²) in [6.07, 6.45) is 13.3. The Kier molecular flexibility index (Phi) is 5.37. The van der Waals surface area contributed by atoms with Gasteiger partial charge in [-0.05, 0) is 55.2 Å². The van der Waals surface area contributed by atoms with Gasteiger partial charge in [0.05, 0.1) is 30.8 Å². The average molecular weight is 411 g/mol. The fourth-order valence-electron chi connectivity index (χ4n) is 5.81. The second-order valence-electron chi connectivity index (χ2n) is 9.40. The minimum Gasteiger partial charge on any atom is -0.472 e. The molecule has 5 atom stereocenters. The molecule has 2 N–H and O–H groups in total. The molecule has 5 nitrogen and oxygen atoms in total. The van der Waals surface area contributed by atoms with Gasteiger partial charge < -0.3 is 19.4 Å². The largest absolute Gasteiger partial charge is 0.472 e. The third kappa shape index (κ3) is 3.40. The minimum absolute atomic E-state index is 0.0308. The van der Waals surface area contributed by atoms with Crippen molar-refractivity contribution in [1.82, 2.24) is 0 Å². The van der Waals surface area contributed by atoms with Gasteiger partial charge in [-0.2, -0.15) is 0 Å². The Morgan fingerprint density at radius 3 is 2.83 bits per heavy atom. The van der Waals surface area contributed by atoms with Gasteiger partial charge in [0, 0.05) is 16.9 Å². The van der Waals surface area contributed by atoms with Crippen LogP contribution >= 0.6 is 0 Å². The molecule has 2 aliphatic carbocycles. The number of hydrogen-bond acceptors (Lipinski definition) is 5. The molecule has 2 fully saturated rings. The number of esters is 1. The van der Waals surface area contributed by atoms with Crippen LogP contribution in [0, 0.1) is 22.7 Å². The maximum atomic E-state index is 12.3. The molecule has 0 radical (unpaired) electrons. The van der Waals surface area contributed by atoms with E-state index < -0.39 is 11.5 Å². The molecular formula is C25H30O5. The smallest absolute Gasteiger partial charge is 0.343 e. The number of furan rings is 1. The SMILES string of the molecule is C=C1CCC2C(C)(CO)C(O)CCC2(C)C1C=CC1=CC(=Cc2ccoc2)OC1=O. The summed E-state index contributed by atoms with van der Waals surface area (Å²) in [5.74, 6) is 0.370. The Morgan fingerprint density at radius 1 is 1.33 bits per heavy atom. The molecule has 0 saturated heterocycles. The normalized spacial score (nSPS) is 38.1. The predicted octanol–water partition coefficient (Wildman–Crippen LogP) is 4.40. The van der Waals surface area contributed by atoms with E-state index in [4.69, 9.17) is 9.15 Å². The van der Waals surface area contributed by atoms with Crippen LogP contribution in [0.4, 0.5) is 0 Å². The average Bonchev–Trinajstić information content (AvgIpc) is 3.34. The predicted molar refractivity (Wildman–Crippen MR) is 114 cm³/mol. The van der Waals surface area contributed by atoms with E-state index in [0.717, 1.165) is 30.4 Å². The monoisotopic (exact) mass is 410 g/mol. The molecule has 0 amide bonds. The molecule has 0 spiro atoms. The first-order valence-electron chi connectivity index (χ1n) is 10.6. The highest BCUT2D eigenvalue weighted by Gasteiger charge is 2.57. The van der Waals surface area contributed by atoms with E-state index in [1.807, 2.05) is 13.0 Å². The molecular weight excluding hydrogens is 380 g/mol. The van der Waals surface area contributed by atoms with Crippen molar-refractivity contribution in [3.63, 3.8) is 0 Å². The van der Waals surface area contributed by atoms with E-state index in [1.54, 1.807) is 30.7 Å². The van der Waals surface area contributed by atoms with Crippen molar-refractivity contribution in [3.8, 4) is 0 Å². The van der Waals surface area contributed by atoms with Gasteiger partial charge in [0.1, 0.15) is 5.76 Å². The number of aliphatic hydroxyl groups is 2. The number of carbonyl (C=O) groups excluding carboxylic acids is 1. The lowest BCUT2D eigenvalue weighted by Gasteiger charge is -2.59. The first-order valence-corrected chi connectivity index (χ1v) is 10.6. The number of carbonyl (C=O) groups is 1. The number of rotatable bonds is 4. The van der Waals surface area contributed by atoms with Gasteiger partial charge in [0.2, 0.25) is 0 Å². The van der Waals surface area contributed by atoms with Crippen molar-refractivity contribution >= 4 is 12.0 Å². The number of hydrogen-bond donors (Lipinski definition) is 2. The molecule has 5 unspecified atom stereocenters. The van der Waals surface area contributed by atoms with Gasteiger partial charge in [-0.1, -0.05) is 38.2 Å². The lowest BCUT2D eigenvalue weighted by Crippen LogP contribution is -2.57. The van der Waals surface area contributed by atoms with Crippen LogP contribution in [-0.2, 0) is 9.53 Å². The number of fused-ring (bicyclic) bond motifs is 1. The molecule has 3 aliphatic rings. The highest BCUT2D eigenvalue weighted by molar-refractivity contribution is 5.96. The Labute approximate surface area is 177 Å². The standard InChI is InChI=1S/C25H30O5/c1-16-4-7-21-24(2,10-8-22(27)25(21,3)15-26)20(16)6-5-18-13-19(30-23(18)28)12-17-9-11-29-14-17/h5-6,9,11-14,20-22,26-27H,1,4,7-8,10,15H2,2-3H3. The highest BCUT2D eigenvalue weighted by Crippen LogP contribution is 2.61. The zero-order chi connectivity index (χ0) is 21.5. The van der Waals surface area contributed by atoms with E-state index in [-0.39, 0.29) is 29.8 Å². The van der Waals surface area contributed by atoms with Crippen LogP contribution in [0.3, 0.4) is 0 Å². The number of cyclic esters (lactones) is 1. The third-order valence-electron chi connectivity index (χ3n) is 7.62. The van der Waals surface area contributed by atoms with Crippen LogP contribution in [0.15, 0.2) is 64.7 Å². The van der Waals surface area contributed by atoms with Gasteiger partial charge in [-0.3, -0.25) is 0 Å². The number of aliphatic hydroxyl groups excluding tert-OH is 2. The van der Waals surface area contributed by atoms with E-state index in [2.05, 4.69) is 19.6 Å². The molecule has 1 aromatic rings. The molecule has 0 bridgehead atoms.